The van der Waals surface area contributed by atoms with Gasteiger partial charge in [-0.1, -0.05) is 30.0 Å². The van der Waals surface area contributed by atoms with Gasteiger partial charge in [0.2, 0.25) is 11.8 Å². The number of thioether (sulfide) groups is 1. The molecule has 0 fully saturated rings. The molecule has 0 saturated carbocycles. The first-order valence-corrected chi connectivity index (χ1v) is 10.7. The SMILES string of the molecule is COc1cc(NC(=O)[C@@H](C)Sc2nnc(-c3ccccc3NC(C)=O)c(=O)[nH]2)cc(OC)c1. The first-order chi connectivity index (χ1) is 15.8. The third-order valence-corrected chi connectivity index (χ3v) is 5.42. The third kappa shape index (κ3) is 6.10. The van der Waals surface area contributed by atoms with Crippen LogP contribution in [0.2, 0.25) is 0 Å². The first kappa shape index (κ1) is 23.8. The Hall–Kier alpha value is -3.86. The molecule has 0 unspecified atom stereocenters. The zero-order chi connectivity index (χ0) is 24.0. The van der Waals surface area contributed by atoms with Crippen LogP contribution in [0.3, 0.4) is 0 Å². The van der Waals surface area contributed by atoms with E-state index in [4.69, 9.17) is 9.47 Å². The number of nitrogens with zero attached hydrogens (tertiary/aromatic N) is 2. The van der Waals surface area contributed by atoms with Gasteiger partial charge in [0.25, 0.3) is 5.56 Å². The van der Waals surface area contributed by atoms with Crippen LogP contribution in [0.15, 0.2) is 52.4 Å². The summed E-state index contributed by atoms with van der Waals surface area (Å²) in [5, 5.41) is 13.1. The van der Waals surface area contributed by atoms with Gasteiger partial charge >= 0.3 is 0 Å². The number of aromatic nitrogens is 3. The molecule has 1 atom stereocenters. The number of carbonyl (C=O) groups excluding carboxylic acids is 2. The van der Waals surface area contributed by atoms with Gasteiger partial charge in [-0.15, -0.1) is 10.2 Å². The Morgan fingerprint density at radius 1 is 1.03 bits per heavy atom. The number of carbonyl (C=O) groups is 2. The Morgan fingerprint density at radius 2 is 1.70 bits per heavy atom. The predicted molar refractivity (Wildman–Crippen MR) is 126 cm³/mol. The van der Waals surface area contributed by atoms with E-state index in [1.165, 1.54) is 21.1 Å². The molecule has 2 aromatic carbocycles. The van der Waals surface area contributed by atoms with E-state index in [0.29, 0.717) is 28.4 Å². The van der Waals surface area contributed by atoms with Crippen molar-refractivity contribution < 1.29 is 19.1 Å². The van der Waals surface area contributed by atoms with E-state index < -0.39 is 10.8 Å². The highest BCUT2D eigenvalue weighted by atomic mass is 32.2. The highest BCUT2D eigenvalue weighted by molar-refractivity contribution is 8.00. The number of hydrogen-bond donors (Lipinski definition) is 3. The standard InChI is InChI=1S/C22H23N5O5S/c1-12(20(29)24-14-9-15(31-3)11-16(10-14)32-4)33-22-25-21(30)19(26-27-22)17-7-5-6-8-18(17)23-13(2)28/h5-12H,1-4H3,(H,23,28)(H,24,29)(H,25,27,30)/t12-/m1/s1. The summed E-state index contributed by atoms with van der Waals surface area (Å²) in [4.78, 5) is 39.4. The van der Waals surface area contributed by atoms with E-state index in [-0.39, 0.29) is 22.7 Å². The lowest BCUT2D eigenvalue weighted by molar-refractivity contribution is -0.115. The summed E-state index contributed by atoms with van der Waals surface area (Å²) in [7, 11) is 3.04. The lowest BCUT2D eigenvalue weighted by atomic mass is 10.1. The number of anilines is 2. The van der Waals surface area contributed by atoms with Crippen molar-refractivity contribution in [2.75, 3.05) is 24.9 Å². The summed E-state index contributed by atoms with van der Waals surface area (Å²) in [6, 6.07) is 11.8. The zero-order valence-electron chi connectivity index (χ0n) is 18.5. The Bertz CT molecular complexity index is 1210. The van der Waals surface area contributed by atoms with Crippen molar-refractivity contribution in [3.05, 3.63) is 52.8 Å². The van der Waals surface area contributed by atoms with Gasteiger partial charge in [0.05, 0.1) is 25.2 Å². The molecule has 3 N–H and O–H groups in total. The number of ether oxygens (including phenoxy) is 2. The molecular weight excluding hydrogens is 446 g/mol. The molecule has 3 aromatic rings. The lowest BCUT2D eigenvalue weighted by Crippen LogP contribution is -2.24. The second-order valence-corrected chi connectivity index (χ2v) is 8.21. The highest BCUT2D eigenvalue weighted by Crippen LogP contribution is 2.28. The summed E-state index contributed by atoms with van der Waals surface area (Å²) in [5.74, 6) is 0.496. The number of hydrogen-bond acceptors (Lipinski definition) is 8. The van der Waals surface area contributed by atoms with E-state index in [2.05, 4.69) is 25.8 Å². The van der Waals surface area contributed by atoms with Crippen molar-refractivity contribution in [2.45, 2.75) is 24.3 Å². The second kappa shape index (κ2) is 10.6. The predicted octanol–water partition coefficient (Wildman–Crippen LogP) is 2.93. The van der Waals surface area contributed by atoms with Gasteiger partial charge in [-0.25, -0.2) is 0 Å². The molecular formula is C22H23N5O5S. The Kier molecular flexibility index (Phi) is 7.67. The maximum atomic E-state index is 12.6. The van der Waals surface area contributed by atoms with Crippen LogP contribution in [-0.2, 0) is 9.59 Å². The van der Waals surface area contributed by atoms with E-state index in [1.807, 2.05) is 0 Å². The maximum absolute atomic E-state index is 12.6. The number of H-pyrrole nitrogens is 1. The van der Waals surface area contributed by atoms with Crippen LogP contribution in [0.5, 0.6) is 11.5 Å². The average molecular weight is 470 g/mol. The molecule has 33 heavy (non-hydrogen) atoms. The largest absolute Gasteiger partial charge is 0.497 e. The zero-order valence-corrected chi connectivity index (χ0v) is 19.3. The quantitative estimate of drug-likeness (QED) is 0.429. The number of nitrogens with one attached hydrogen (secondary N) is 3. The van der Waals surface area contributed by atoms with Crippen LogP contribution in [0.1, 0.15) is 13.8 Å². The molecule has 0 aliphatic heterocycles. The van der Waals surface area contributed by atoms with Crippen molar-refractivity contribution in [3.8, 4) is 22.8 Å². The van der Waals surface area contributed by atoms with Crippen molar-refractivity contribution in [1.82, 2.24) is 15.2 Å². The molecule has 0 bridgehead atoms. The molecule has 0 spiro atoms. The number of methoxy groups -OCH3 is 2. The minimum atomic E-state index is -0.593. The summed E-state index contributed by atoms with van der Waals surface area (Å²) in [5.41, 5.74) is 0.968. The summed E-state index contributed by atoms with van der Waals surface area (Å²) < 4.78 is 10.4. The van der Waals surface area contributed by atoms with Crippen molar-refractivity contribution in [3.63, 3.8) is 0 Å². The number of aromatic amines is 1. The fraction of sp³-hybridized carbons (Fsp3) is 0.227. The first-order valence-electron chi connectivity index (χ1n) is 9.85. The van der Waals surface area contributed by atoms with E-state index in [1.54, 1.807) is 49.4 Å². The molecule has 10 nitrogen and oxygen atoms in total. The van der Waals surface area contributed by atoms with E-state index in [0.717, 1.165) is 11.8 Å². The molecule has 1 aromatic heterocycles. The molecule has 0 aliphatic carbocycles. The number of benzene rings is 2. The minimum absolute atomic E-state index is 0.0595. The molecule has 1 heterocycles. The highest BCUT2D eigenvalue weighted by Gasteiger charge is 2.19. The molecule has 2 amide bonds. The van der Waals surface area contributed by atoms with Gasteiger partial charge < -0.3 is 20.1 Å². The van der Waals surface area contributed by atoms with Crippen LogP contribution in [0, 0.1) is 0 Å². The number of para-hydroxylation sites is 1. The van der Waals surface area contributed by atoms with Gasteiger partial charge in [-0.3, -0.25) is 19.4 Å². The second-order valence-electron chi connectivity index (χ2n) is 6.89. The third-order valence-electron chi connectivity index (χ3n) is 4.45. The summed E-state index contributed by atoms with van der Waals surface area (Å²) in [6.45, 7) is 3.05. The molecule has 11 heteroatoms. The molecule has 3 rings (SSSR count). The van der Waals surface area contributed by atoms with E-state index in [9.17, 15) is 14.4 Å². The van der Waals surface area contributed by atoms with Crippen molar-refractivity contribution >= 4 is 35.0 Å². The normalized spacial score (nSPS) is 11.4. The van der Waals surface area contributed by atoms with Crippen LogP contribution in [0.4, 0.5) is 11.4 Å². The lowest BCUT2D eigenvalue weighted by Gasteiger charge is -2.13. The van der Waals surface area contributed by atoms with Gasteiger partial charge in [0.1, 0.15) is 11.5 Å². The van der Waals surface area contributed by atoms with Crippen molar-refractivity contribution in [1.29, 1.82) is 0 Å². The van der Waals surface area contributed by atoms with Gasteiger partial charge in [-0.2, -0.15) is 0 Å². The Labute approximate surface area is 194 Å². The van der Waals surface area contributed by atoms with Crippen molar-refractivity contribution in [2.24, 2.45) is 0 Å². The minimum Gasteiger partial charge on any atom is -0.497 e. The fourth-order valence-electron chi connectivity index (χ4n) is 2.88. The number of rotatable bonds is 8. The van der Waals surface area contributed by atoms with Gasteiger partial charge in [0, 0.05) is 36.4 Å². The van der Waals surface area contributed by atoms with E-state index >= 15 is 0 Å². The van der Waals surface area contributed by atoms with Crippen LogP contribution >= 0.6 is 11.8 Å². The maximum Gasteiger partial charge on any atom is 0.278 e. The monoisotopic (exact) mass is 469 g/mol. The molecule has 0 saturated heterocycles. The average Bonchev–Trinajstić information content (AvgIpc) is 2.79. The van der Waals surface area contributed by atoms with Gasteiger partial charge in [-0.05, 0) is 13.0 Å². The van der Waals surface area contributed by atoms with Gasteiger partial charge in [0.15, 0.2) is 10.9 Å². The van der Waals surface area contributed by atoms with Crippen LogP contribution in [-0.4, -0.2) is 46.5 Å². The molecule has 0 aliphatic rings. The Morgan fingerprint density at radius 3 is 2.30 bits per heavy atom. The summed E-state index contributed by atoms with van der Waals surface area (Å²) >= 11 is 1.05. The Balaban J connectivity index is 1.75. The fourth-order valence-corrected chi connectivity index (χ4v) is 3.62. The smallest absolute Gasteiger partial charge is 0.278 e. The van der Waals surface area contributed by atoms with Crippen LogP contribution < -0.4 is 25.7 Å². The van der Waals surface area contributed by atoms with Crippen LogP contribution in [0.25, 0.3) is 11.3 Å². The topological polar surface area (TPSA) is 135 Å². The number of amides is 2. The molecule has 0 radical (unpaired) electrons. The summed E-state index contributed by atoms with van der Waals surface area (Å²) in [6.07, 6.45) is 0. The molecule has 172 valence electrons.